The Morgan fingerprint density at radius 3 is 1.47 bits per heavy atom. The molecular weight excluding hydrogens is 755 g/mol. The fraction of sp³-hybridized carbons (Fsp3) is 0.0351. The zero-order chi connectivity index (χ0) is 40.7. The molecule has 5 heteroatoms. The van der Waals surface area contributed by atoms with Gasteiger partial charge in [-0.3, -0.25) is 4.98 Å². The summed E-state index contributed by atoms with van der Waals surface area (Å²) in [5.74, 6) is 0.670. The molecule has 290 valence electrons. The van der Waals surface area contributed by atoms with Crippen molar-refractivity contribution in [3.05, 3.63) is 223 Å². The van der Waals surface area contributed by atoms with E-state index in [1.165, 1.54) is 76.6 Å². The van der Waals surface area contributed by atoms with Crippen LogP contribution in [0.5, 0.6) is 0 Å². The Labute approximate surface area is 357 Å². The number of aromatic nitrogens is 5. The molecule has 1 aliphatic rings. The molecule has 0 N–H and O–H groups in total. The molecule has 0 unspecified atom stereocenters. The van der Waals surface area contributed by atoms with E-state index in [4.69, 9.17) is 9.97 Å². The van der Waals surface area contributed by atoms with Crippen molar-refractivity contribution < 1.29 is 0 Å². The molecule has 0 saturated carbocycles. The number of nitrogens with zero attached hydrogens (tertiary/aromatic N) is 5. The predicted molar refractivity (Wildman–Crippen MR) is 254 cm³/mol. The molecule has 0 saturated heterocycles. The van der Waals surface area contributed by atoms with Crippen LogP contribution in [0.3, 0.4) is 0 Å². The fourth-order valence-electron chi connectivity index (χ4n) is 10.1. The Balaban J connectivity index is 1.10. The minimum absolute atomic E-state index is 0.670. The average molecular weight is 792 g/mol. The molecule has 0 amide bonds. The fourth-order valence-corrected chi connectivity index (χ4v) is 10.1. The molecule has 0 atom stereocenters. The molecule has 0 aliphatic heterocycles. The molecule has 62 heavy (non-hydrogen) atoms. The lowest BCUT2D eigenvalue weighted by Crippen LogP contribution is -2.07. The van der Waals surface area contributed by atoms with Gasteiger partial charge in [-0.15, -0.1) is 0 Å². The number of hydrogen-bond acceptors (Lipinski definition) is 3. The summed E-state index contributed by atoms with van der Waals surface area (Å²) in [4.78, 5) is 14.8. The quantitative estimate of drug-likeness (QED) is 0.174. The molecule has 13 rings (SSSR count). The molecule has 0 bridgehead atoms. The van der Waals surface area contributed by atoms with E-state index in [1.807, 2.05) is 42.6 Å². The van der Waals surface area contributed by atoms with Crippen LogP contribution in [-0.2, 0) is 12.8 Å². The van der Waals surface area contributed by atoms with E-state index in [2.05, 4.69) is 172 Å². The first kappa shape index (κ1) is 34.7. The number of benzene rings is 8. The van der Waals surface area contributed by atoms with Crippen LogP contribution >= 0.6 is 0 Å². The monoisotopic (exact) mass is 791 g/mol. The van der Waals surface area contributed by atoms with E-state index in [0.29, 0.717) is 5.82 Å². The molecule has 12 aromatic rings. The highest BCUT2D eigenvalue weighted by Gasteiger charge is 2.26. The van der Waals surface area contributed by atoms with Crippen molar-refractivity contribution in [2.45, 2.75) is 12.8 Å². The van der Waals surface area contributed by atoms with E-state index in [-0.39, 0.29) is 0 Å². The number of fused-ring (bicyclic) bond motifs is 12. The van der Waals surface area contributed by atoms with Crippen molar-refractivity contribution in [3.63, 3.8) is 0 Å². The van der Waals surface area contributed by atoms with Gasteiger partial charge in [0.15, 0.2) is 5.82 Å². The first-order valence-electron chi connectivity index (χ1n) is 21.3. The van der Waals surface area contributed by atoms with E-state index in [0.717, 1.165) is 52.4 Å². The van der Waals surface area contributed by atoms with Gasteiger partial charge in [0.05, 0.1) is 39.1 Å². The Hall–Kier alpha value is -8.15. The molecule has 8 aromatic carbocycles. The number of hydrogen-bond donors (Lipinski definition) is 0. The van der Waals surface area contributed by atoms with Gasteiger partial charge in [-0.2, -0.15) is 0 Å². The zero-order valence-corrected chi connectivity index (χ0v) is 33.7. The third kappa shape index (κ3) is 5.31. The largest absolute Gasteiger partial charge is 0.307 e. The summed E-state index contributed by atoms with van der Waals surface area (Å²) in [6, 6.07) is 69.8. The SMILES string of the molecule is c1ccc(-c2nc(-c3ccc(-n4c5ccccc5c5c6cc7c(cc6c6c8ccccc8n(-c8ccccc8)c6c54)Cc4ccccc4C7)cc3)cc(-c3ccccn3)n2)cc1. The second-order valence-electron chi connectivity index (χ2n) is 16.4. The van der Waals surface area contributed by atoms with Gasteiger partial charge in [-0.25, -0.2) is 9.97 Å². The van der Waals surface area contributed by atoms with Crippen LogP contribution in [-0.4, -0.2) is 24.1 Å². The van der Waals surface area contributed by atoms with E-state index in [9.17, 15) is 0 Å². The number of para-hydroxylation sites is 3. The van der Waals surface area contributed by atoms with Gasteiger partial charge in [0.2, 0.25) is 0 Å². The lowest BCUT2D eigenvalue weighted by Gasteiger charge is -2.21. The van der Waals surface area contributed by atoms with Crippen LogP contribution in [0, 0.1) is 0 Å². The summed E-state index contributed by atoms with van der Waals surface area (Å²) >= 11 is 0. The van der Waals surface area contributed by atoms with Gasteiger partial charge in [0.25, 0.3) is 0 Å². The molecular formula is C57H37N5. The molecule has 0 radical (unpaired) electrons. The lowest BCUT2D eigenvalue weighted by atomic mass is 9.83. The van der Waals surface area contributed by atoms with Crippen LogP contribution in [0.1, 0.15) is 22.3 Å². The maximum atomic E-state index is 5.14. The summed E-state index contributed by atoms with van der Waals surface area (Å²) < 4.78 is 4.99. The zero-order valence-electron chi connectivity index (χ0n) is 33.7. The van der Waals surface area contributed by atoms with Crippen molar-refractivity contribution in [2.75, 3.05) is 0 Å². The maximum absolute atomic E-state index is 5.14. The topological polar surface area (TPSA) is 48.5 Å². The summed E-state index contributed by atoms with van der Waals surface area (Å²) in [6.07, 6.45) is 3.68. The van der Waals surface area contributed by atoms with E-state index < -0.39 is 0 Å². The normalized spacial score (nSPS) is 12.4. The van der Waals surface area contributed by atoms with Crippen LogP contribution < -0.4 is 0 Å². The summed E-state index contributed by atoms with van der Waals surface area (Å²) in [6.45, 7) is 0. The second kappa shape index (κ2) is 13.7. The molecule has 4 heterocycles. The van der Waals surface area contributed by atoms with Crippen LogP contribution in [0.2, 0.25) is 0 Å². The van der Waals surface area contributed by atoms with Gasteiger partial charge in [-0.1, -0.05) is 127 Å². The molecule has 4 aromatic heterocycles. The summed E-state index contributed by atoms with van der Waals surface area (Å²) in [5, 5.41) is 7.65. The highest BCUT2D eigenvalue weighted by Crippen LogP contribution is 2.48. The summed E-state index contributed by atoms with van der Waals surface area (Å²) in [5.41, 5.74) is 17.1. The van der Waals surface area contributed by atoms with Crippen molar-refractivity contribution in [1.82, 2.24) is 24.1 Å². The Bertz CT molecular complexity index is 3660. The average Bonchev–Trinajstić information content (AvgIpc) is 3.88. The smallest absolute Gasteiger partial charge is 0.160 e. The minimum Gasteiger partial charge on any atom is -0.307 e. The van der Waals surface area contributed by atoms with Crippen molar-refractivity contribution in [1.29, 1.82) is 0 Å². The Kier molecular flexibility index (Phi) is 7.66. The van der Waals surface area contributed by atoms with Crippen LogP contribution in [0.25, 0.3) is 99.8 Å². The van der Waals surface area contributed by atoms with Gasteiger partial charge < -0.3 is 9.13 Å². The maximum Gasteiger partial charge on any atom is 0.160 e. The molecule has 0 fully saturated rings. The minimum atomic E-state index is 0.670. The standard InChI is InChI=1S/C57H37N5/c1-3-15-37(16-4-1)57-59-49(35-50(60-57)48-23-13-14-30-58-48)36-26-28-43(29-27-36)62-52-25-12-10-22-45(52)54-47-34-41-32-39-18-8-7-17-38(39)31-40(41)33-46(47)53-44-21-9-11-24-51(44)61(55(53)56(54)62)42-19-5-2-6-20-42/h1-30,33-35H,31-32H2. The summed E-state index contributed by atoms with van der Waals surface area (Å²) in [7, 11) is 0. The molecule has 0 spiro atoms. The van der Waals surface area contributed by atoms with Crippen molar-refractivity contribution in [2.24, 2.45) is 0 Å². The first-order valence-corrected chi connectivity index (χ1v) is 21.3. The third-order valence-electron chi connectivity index (χ3n) is 12.9. The van der Waals surface area contributed by atoms with Gasteiger partial charge in [0, 0.05) is 50.2 Å². The van der Waals surface area contributed by atoms with Crippen LogP contribution in [0.4, 0.5) is 0 Å². The van der Waals surface area contributed by atoms with Crippen LogP contribution in [0.15, 0.2) is 200 Å². The molecule has 5 nitrogen and oxygen atoms in total. The first-order chi connectivity index (χ1) is 30.7. The molecule has 1 aliphatic carbocycles. The van der Waals surface area contributed by atoms with Gasteiger partial charge in [0.1, 0.15) is 0 Å². The van der Waals surface area contributed by atoms with Gasteiger partial charge >= 0.3 is 0 Å². The third-order valence-corrected chi connectivity index (χ3v) is 12.9. The lowest BCUT2D eigenvalue weighted by molar-refractivity contribution is 1.01. The second-order valence-corrected chi connectivity index (χ2v) is 16.4. The van der Waals surface area contributed by atoms with E-state index in [1.54, 1.807) is 0 Å². The number of pyridine rings is 1. The predicted octanol–water partition coefficient (Wildman–Crippen LogP) is 13.7. The highest BCUT2D eigenvalue weighted by atomic mass is 15.0. The highest BCUT2D eigenvalue weighted by molar-refractivity contribution is 6.36. The number of rotatable bonds is 5. The Morgan fingerprint density at radius 1 is 0.355 bits per heavy atom. The van der Waals surface area contributed by atoms with Crippen molar-refractivity contribution >= 4 is 54.4 Å². The Morgan fingerprint density at radius 2 is 0.871 bits per heavy atom. The van der Waals surface area contributed by atoms with Crippen molar-refractivity contribution in [3.8, 4) is 45.4 Å². The van der Waals surface area contributed by atoms with E-state index >= 15 is 0 Å². The van der Waals surface area contributed by atoms with Gasteiger partial charge in [-0.05, 0) is 113 Å².